The number of furan rings is 1. The van der Waals surface area contributed by atoms with Gasteiger partial charge in [0, 0.05) is 10.9 Å². The average Bonchev–Trinajstić information content (AvgIpc) is 3.13. The van der Waals surface area contributed by atoms with Crippen molar-refractivity contribution in [1.29, 1.82) is 0 Å². The van der Waals surface area contributed by atoms with Crippen molar-refractivity contribution in [2.45, 2.75) is 6.92 Å². The van der Waals surface area contributed by atoms with Gasteiger partial charge in [-0.05, 0) is 55.5 Å². The molecule has 0 aliphatic carbocycles. The molecule has 0 fully saturated rings. The molecule has 0 spiro atoms. The third-order valence-corrected chi connectivity index (χ3v) is 5.00. The van der Waals surface area contributed by atoms with Crippen molar-refractivity contribution in [3.63, 3.8) is 0 Å². The van der Waals surface area contributed by atoms with Gasteiger partial charge in [0.25, 0.3) is 0 Å². The number of aromatic nitrogens is 1. The minimum atomic E-state index is -1.01. The van der Waals surface area contributed by atoms with E-state index in [1.807, 2.05) is 25.1 Å². The van der Waals surface area contributed by atoms with Crippen LogP contribution in [0.2, 0.25) is 10.0 Å². The summed E-state index contributed by atoms with van der Waals surface area (Å²) in [5.74, 6) is 0.0535. The molecule has 134 valence electrons. The fourth-order valence-corrected chi connectivity index (χ4v) is 3.22. The van der Waals surface area contributed by atoms with E-state index in [2.05, 4.69) is 4.98 Å². The lowest BCUT2D eigenvalue weighted by molar-refractivity contribution is 0.0699. The van der Waals surface area contributed by atoms with Gasteiger partial charge < -0.3 is 9.52 Å². The first-order valence-corrected chi connectivity index (χ1v) is 8.88. The second kappa shape index (κ2) is 6.72. The molecule has 27 heavy (non-hydrogen) atoms. The van der Waals surface area contributed by atoms with Crippen LogP contribution in [0.4, 0.5) is 0 Å². The van der Waals surface area contributed by atoms with Crippen LogP contribution < -0.4 is 0 Å². The molecule has 0 unspecified atom stereocenters. The summed E-state index contributed by atoms with van der Waals surface area (Å²) in [6.45, 7) is 1.91. The molecule has 0 aliphatic rings. The zero-order valence-electron chi connectivity index (χ0n) is 14.2. The summed E-state index contributed by atoms with van der Waals surface area (Å²) >= 11 is 12.0. The summed E-state index contributed by atoms with van der Waals surface area (Å²) < 4.78 is 5.90. The maximum absolute atomic E-state index is 11.7. The highest BCUT2D eigenvalue weighted by Gasteiger charge is 2.16. The van der Waals surface area contributed by atoms with Crippen LogP contribution in [-0.4, -0.2) is 16.1 Å². The molecule has 6 heteroatoms. The highest BCUT2D eigenvalue weighted by Crippen LogP contribution is 2.33. The van der Waals surface area contributed by atoms with E-state index >= 15 is 0 Å². The lowest BCUT2D eigenvalue weighted by Gasteiger charge is -2.06. The van der Waals surface area contributed by atoms with Crippen molar-refractivity contribution in [2.75, 3.05) is 0 Å². The molecule has 2 aromatic heterocycles. The van der Waals surface area contributed by atoms with Crippen LogP contribution in [-0.2, 0) is 0 Å². The van der Waals surface area contributed by atoms with E-state index in [0.29, 0.717) is 38.2 Å². The lowest BCUT2D eigenvalue weighted by atomic mass is 10.0. The minimum Gasteiger partial charge on any atom is -0.478 e. The van der Waals surface area contributed by atoms with Crippen LogP contribution in [0.3, 0.4) is 0 Å². The molecule has 2 heterocycles. The van der Waals surface area contributed by atoms with Gasteiger partial charge in [-0.2, -0.15) is 0 Å². The summed E-state index contributed by atoms with van der Waals surface area (Å²) in [4.78, 5) is 16.3. The van der Waals surface area contributed by atoms with E-state index in [0.717, 1.165) is 11.1 Å². The number of hydrogen-bond acceptors (Lipinski definition) is 3. The normalized spacial score (nSPS) is 11.1. The third kappa shape index (κ3) is 3.29. The smallest absolute Gasteiger partial charge is 0.336 e. The molecule has 0 radical (unpaired) electrons. The molecule has 2 aromatic carbocycles. The molecular formula is C21H13Cl2NO3. The SMILES string of the molecule is Cc1ccc2nc(-c3ccc(-c4ccc(Cl)c(Cl)c4)o3)cc(C(=O)O)c2c1. The Bertz CT molecular complexity index is 1200. The predicted octanol–water partition coefficient (Wildman–Crippen LogP) is 6.48. The summed E-state index contributed by atoms with van der Waals surface area (Å²) in [6, 6.07) is 15.8. The number of pyridine rings is 1. The van der Waals surface area contributed by atoms with Crippen molar-refractivity contribution < 1.29 is 14.3 Å². The molecule has 4 rings (SSSR count). The monoisotopic (exact) mass is 397 g/mol. The van der Waals surface area contributed by atoms with Gasteiger partial charge in [-0.25, -0.2) is 9.78 Å². The van der Waals surface area contributed by atoms with Crippen molar-refractivity contribution in [3.8, 4) is 22.8 Å². The Morgan fingerprint density at radius 3 is 2.48 bits per heavy atom. The van der Waals surface area contributed by atoms with E-state index in [1.165, 1.54) is 6.07 Å². The van der Waals surface area contributed by atoms with Gasteiger partial charge in [0.2, 0.25) is 0 Å². The Balaban J connectivity index is 1.83. The summed E-state index contributed by atoms with van der Waals surface area (Å²) in [6.07, 6.45) is 0. The second-order valence-electron chi connectivity index (χ2n) is 6.17. The van der Waals surface area contributed by atoms with Gasteiger partial charge in [-0.15, -0.1) is 0 Å². The van der Waals surface area contributed by atoms with Gasteiger partial charge in [0.05, 0.1) is 21.1 Å². The highest BCUT2D eigenvalue weighted by atomic mass is 35.5. The Morgan fingerprint density at radius 1 is 0.963 bits per heavy atom. The van der Waals surface area contributed by atoms with Crippen LogP contribution in [0.5, 0.6) is 0 Å². The summed E-state index contributed by atoms with van der Waals surface area (Å²) in [5.41, 5.74) is 2.98. The van der Waals surface area contributed by atoms with Crippen LogP contribution in [0.25, 0.3) is 33.7 Å². The highest BCUT2D eigenvalue weighted by molar-refractivity contribution is 6.42. The first-order valence-electron chi connectivity index (χ1n) is 8.13. The fraction of sp³-hybridized carbons (Fsp3) is 0.0476. The lowest BCUT2D eigenvalue weighted by Crippen LogP contribution is -2.00. The molecule has 4 aromatic rings. The van der Waals surface area contributed by atoms with E-state index in [4.69, 9.17) is 27.6 Å². The number of rotatable bonds is 3. The van der Waals surface area contributed by atoms with Crippen molar-refractivity contribution in [3.05, 3.63) is 75.8 Å². The third-order valence-electron chi connectivity index (χ3n) is 4.26. The Kier molecular flexibility index (Phi) is 4.38. The first kappa shape index (κ1) is 17.6. The van der Waals surface area contributed by atoms with Gasteiger partial charge in [0.15, 0.2) is 5.76 Å². The van der Waals surface area contributed by atoms with Gasteiger partial charge in [-0.1, -0.05) is 34.8 Å². The number of halogens is 2. The number of nitrogens with zero attached hydrogens (tertiary/aromatic N) is 1. The summed E-state index contributed by atoms with van der Waals surface area (Å²) in [5, 5.41) is 11.1. The molecule has 0 aliphatic heterocycles. The van der Waals surface area contributed by atoms with E-state index < -0.39 is 5.97 Å². The maximum atomic E-state index is 11.7. The molecule has 0 bridgehead atoms. The number of carboxylic acid groups (broad SMARTS) is 1. The molecule has 0 amide bonds. The molecule has 4 nitrogen and oxygen atoms in total. The number of fused-ring (bicyclic) bond motifs is 1. The van der Waals surface area contributed by atoms with Crippen molar-refractivity contribution in [1.82, 2.24) is 4.98 Å². The van der Waals surface area contributed by atoms with Gasteiger partial charge in [0.1, 0.15) is 11.5 Å². The average molecular weight is 398 g/mol. The largest absolute Gasteiger partial charge is 0.478 e. The molecule has 1 N–H and O–H groups in total. The van der Waals surface area contributed by atoms with Crippen LogP contribution in [0.1, 0.15) is 15.9 Å². The number of benzene rings is 2. The number of hydrogen-bond donors (Lipinski definition) is 1. The standard InChI is InChI=1S/C21H13Cl2NO3/c1-11-2-5-17-13(8-11)14(21(25)26)10-18(24-17)20-7-6-19(27-20)12-3-4-15(22)16(23)9-12/h2-10H,1H3,(H,25,26). The number of aromatic carboxylic acids is 1. The second-order valence-corrected chi connectivity index (χ2v) is 6.99. The number of carboxylic acids is 1. The summed E-state index contributed by atoms with van der Waals surface area (Å²) in [7, 11) is 0. The Labute approximate surface area is 165 Å². The van der Waals surface area contributed by atoms with Crippen LogP contribution >= 0.6 is 23.2 Å². The van der Waals surface area contributed by atoms with Gasteiger partial charge in [-0.3, -0.25) is 0 Å². The fourth-order valence-electron chi connectivity index (χ4n) is 2.92. The van der Waals surface area contributed by atoms with Crippen molar-refractivity contribution in [2.24, 2.45) is 0 Å². The Hall–Kier alpha value is -2.82. The van der Waals surface area contributed by atoms with E-state index in [1.54, 1.807) is 30.3 Å². The number of carbonyl (C=O) groups is 1. The van der Waals surface area contributed by atoms with E-state index in [-0.39, 0.29) is 5.56 Å². The Morgan fingerprint density at radius 2 is 1.74 bits per heavy atom. The first-order chi connectivity index (χ1) is 12.9. The maximum Gasteiger partial charge on any atom is 0.336 e. The predicted molar refractivity (Wildman–Crippen MR) is 107 cm³/mol. The topological polar surface area (TPSA) is 63.3 Å². The van der Waals surface area contributed by atoms with Gasteiger partial charge >= 0.3 is 5.97 Å². The molecule has 0 atom stereocenters. The van der Waals surface area contributed by atoms with Crippen LogP contribution in [0.15, 0.2) is 59.0 Å². The molecule has 0 saturated heterocycles. The molecular weight excluding hydrogens is 385 g/mol. The molecule has 0 saturated carbocycles. The minimum absolute atomic E-state index is 0.186. The van der Waals surface area contributed by atoms with Crippen molar-refractivity contribution >= 4 is 40.1 Å². The quantitative estimate of drug-likeness (QED) is 0.429. The van der Waals surface area contributed by atoms with Crippen LogP contribution in [0, 0.1) is 6.92 Å². The van der Waals surface area contributed by atoms with E-state index in [9.17, 15) is 9.90 Å². The zero-order valence-corrected chi connectivity index (χ0v) is 15.7. The zero-order chi connectivity index (χ0) is 19.1. The number of aryl methyl sites for hydroxylation is 1.